The number of oxime groups is 1. The third-order valence-electron chi connectivity index (χ3n) is 2.09. The highest BCUT2D eigenvalue weighted by Gasteiger charge is 2.00. The molecule has 0 aliphatic rings. The molecule has 0 amide bonds. The summed E-state index contributed by atoms with van der Waals surface area (Å²) in [6.45, 7) is 1.58. The Morgan fingerprint density at radius 1 is 1.50 bits per heavy atom. The van der Waals surface area contributed by atoms with Crippen LogP contribution in [0.25, 0.3) is 6.08 Å². The third kappa shape index (κ3) is 4.69. The predicted octanol–water partition coefficient (Wildman–Crippen LogP) is 2.19. The zero-order valence-corrected chi connectivity index (χ0v) is 10.3. The van der Waals surface area contributed by atoms with Gasteiger partial charge in [0, 0.05) is 0 Å². The van der Waals surface area contributed by atoms with Crippen molar-refractivity contribution in [1.82, 2.24) is 0 Å². The predicted molar refractivity (Wildman–Crippen MR) is 68.7 cm³/mol. The summed E-state index contributed by atoms with van der Waals surface area (Å²) in [5, 5.41) is 12.0. The molecular weight excluding hydrogens is 234 g/mol. The number of nitrogens with zero attached hydrogens (tertiary/aromatic N) is 1. The highest BCUT2D eigenvalue weighted by atomic mass is 16.6. The number of rotatable bonds is 6. The second kappa shape index (κ2) is 7.11. The molecule has 5 nitrogen and oxygen atoms in total. The molecule has 18 heavy (non-hydrogen) atoms. The van der Waals surface area contributed by atoms with Gasteiger partial charge >= 0.3 is 5.97 Å². The summed E-state index contributed by atoms with van der Waals surface area (Å²) in [6, 6.07) is 7.54. The molecule has 0 bridgehead atoms. The van der Waals surface area contributed by atoms with E-state index in [1.54, 1.807) is 13.2 Å². The highest BCUT2D eigenvalue weighted by molar-refractivity contribution is 6.34. The molecule has 0 aliphatic heterocycles. The Balaban J connectivity index is 2.45. The molecule has 0 radical (unpaired) electrons. The van der Waals surface area contributed by atoms with Crippen molar-refractivity contribution in [2.75, 3.05) is 13.7 Å². The van der Waals surface area contributed by atoms with Crippen molar-refractivity contribution in [2.45, 2.75) is 6.92 Å². The van der Waals surface area contributed by atoms with Crippen LogP contribution in [0.4, 0.5) is 0 Å². The fourth-order valence-corrected chi connectivity index (χ4v) is 1.15. The van der Waals surface area contributed by atoms with E-state index in [0.29, 0.717) is 0 Å². The molecule has 0 atom stereocenters. The molecule has 1 N–H and O–H groups in total. The van der Waals surface area contributed by atoms with Gasteiger partial charge in [-0.3, -0.25) is 0 Å². The topological polar surface area (TPSA) is 68.1 Å². The number of carboxylic acid groups (broad SMARTS) is 1. The van der Waals surface area contributed by atoms with Crippen LogP contribution in [-0.2, 0) is 9.63 Å². The third-order valence-corrected chi connectivity index (χ3v) is 2.09. The Morgan fingerprint density at radius 2 is 2.28 bits per heavy atom. The SMILES string of the molecule is COc1cccc(/C=C/CO/N=C(/C)C(=O)O)c1. The van der Waals surface area contributed by atoms with Crippen LogP contribution >= 0.6 is 0 Å². The Labute approximate surface area is 105 Å². The maximum absolute atomic E-state index is 10.4. The summed E-state index contributed by atoms with van der Waals surface area (Å²) in [7, 11) is 1.61. The molecule has 0 unspecified atom stereocenters. The minimum absolute atomic E-state index is 0.0789. The van der Waals surface area contributed by atoms with Gasteiger partial charge in [-0.2, -0.15) is 0 Å². The number of aliphatic carboxylic acids is 1. The van der Waals surface area contributed by atoms with E-state index in [9.17, 15) is 4.79 Å². The van der Waals surface area contributed by atoms with E-state index in [1.807, 2.05) is 30.3 Å². The summed E-state index contributed by atoms with van der Waals surface area (Å²) in [6.07, 6.45) is 3.58. The van der Waals surface area contributed by atoms with E-state index in [4.69, 9.17) is 14.7 Å². The molecule has 1 rings (SSSR count). The lowest BCUT2D eigenvalue weighted by atomic mass is 10.2. The van der Waals surface area contributed by atoms with Crippen molar-refractivity contribution in [3.05, 3.63) is 35.9 Å². The zero-order chi connectivity index (χ0) is 13.4. The minimum atomic E-state index is -1.09. The quantitative estimate of drug-likeness (QED) is 0.476. The number of hydrogen-bond acceptors (Lipinski definition) is 4. The van der Waals surface area contributed by atoms with Crippen molar-refractivity contribution in [1.29, 1.82) is 0 Å². The lowest BCUT2D eigenvalue weighted by Crippen LogP contribution is -2.08. The Kier molecular flexibility index (Phi) is 5.44. The molecular formula is C13H15NO4. The average molecular weight is 249 g/mol. The number of ether oxygens (including phenoxy) is 1. The van der Waals surface area contributed by atoms with Crippen LogP contribution < -0.4 is 4.74 Å². The van der Waals surface area contributed by atoms with E-state index in [2.05, 4.69) is 5.16 Å². The number of benzene rings is 1. The molecule has 1 aromatic carbocycles. The number of carbonyl (C=O) groups is 1. The fraction of sp³-hybridized carbons (Fsp3) is 0.231. The second-order valence-electron chi connectivity index (χ2n) is 3.46. The van der Waals surface area contributed by atoms with Gasteiger partial charge in [0.15, 0.2) is 5.71 Å². The molecule has 1 aromatic rings. The van der Waals surface area contributed by atoms with E-state index in [1.165, 1.54) is 6.92 Å². The van der Waals surface area contributed by atoms with Gasteiger partial charge in [-0.05, 0) is 30.7 Å². The smallest absolute Gasteiger partial charge is 0.353 e. The standard InChI is InChI=1S/C13H15NO4/c1-10(13(15)16)14-18-8-4-6-11-5-3-7-12(9-11)17-2/h3-7,9H,8H2,1-2H3,(H,15,16)/b6-4+,14-10-. The van der Waals surface area contributed by atoms with Crippen molar-refractivity contribution >= 4 is 17.8 Å². The van der Waals surface area contributed by atoms with Gasteiger partial charge in [0.05, 0.1) is 7.11 Å². The number of hydrogen-bond donors (Lipinski definition) is 1. The van der Waals surface area contributed by atoms with Gasteiger partial charge in [0.2, 0.25) is 0 Å². The van der Waals surface area contributed by atoms with Gasteiger partial charge in [0.25, 0.3) is 0 Å². The van der Waals surface area contributed by atoms with Crippen molar-refractivity contribution in [3.63, 3.8) is 0 Å². The Bertz CT molecular complexity index is 466. The van der Waals surface area contributed by atoms with E-state index < -0.39 is 5.97 Å². The monoisotopic (exact) mass is 249 g/mol. The summed E-state index contributed by atoms with van der Waals surface area (Å²) in [5.74, 6) is -0.315. The first-order valence-corrected chi connectivity index (χ1v) is 5.34. The van der Waals surface area contributed by atoms with Crippen LogP contribution in [0, 0.1) is 0 Å². The minimum Gasteiger partial charge on any atom is -0.497 e. The lowest BCUT2D eigenvalue weighted by molar-refractivity contribution is -0.129. The summed E-state index contributed by atoms with van der Waals surface area (Å²) < 4.78 is 5.09. The van der Waals surface area contributed by atoms with E-state index >= 15 is 0 Å². The molecule has 0 saturated heterocycles. The molecule has 0 saturated carbocycles. The van der Waals surface area contributed by atoms with Crippen LogP contribution in [0.5, 0.6) is 5.75 Å². The van der Waals surface area contributed by atoms with Crippen molar-refractivity contribution in [3.8, 4) is 5.75 Å². The first kappa shape index (κ1) is 13.8. The summed E-state index contributed by atoms with van der Waals surface area (Å²) in [4.78, 5) is 15.2. The summed E-state index contributed by atoms with van der Waals surface area (Å²) >= 11 is 0. The molecule has 0 aliphatic carbocycles. The number of methoxy groups -OCH3 is 1. The van der Waals surface area contributed by atoms with Gasteiger partial charge in [0.1, 0.15) is 12.4 Å². The number of carboxylic acids is 1. The lowest BCUT2D eigenvalue weighted by Gasteiger charge is -2.00. The molecule has 0 spiro atoms. The summed E-state index contributed by atoms with van der Waals surface area (Å²) in [5.41, 5.74) is 0.890. The van der Waals surface area contributed by atoms with Gasteiger partial charge in [-0.1, -0.05) is 23.4 Å². The van der Waals surface area contributed by atoms with Crippen molar-refractivity contribution in [2.24, 2.45) is 5.16 Å². The largest absolute Gasteiger partial charge is 0.497 e. The molecule has 0 aromatic heterocycles. The normalized spacial score (nSPS) is 11.6. The molecule has 0 fully saturated rings. The second-order valence-corrected chi connectivity index (χ2v) is 3.46. The Hall–Kier alpha value is -2.30. The van der Waals surface area contributed by atoms with Gasteiger partial charge in [-0.15, -0.1) is 0 Å². The fourth-order valence-electron chi connectivity index (χ4n) is 1.15. The first-order valence-electron chi connectivity index (χ1n) is 5.34. The van der Waals surface area contributed by atoms with Gasteiger partial charge < -0.3 is 14.7 Å². The van der Waals surface area contributed by atoms with Crippen LogP contribution in [0.1, 0.15) is 12.5 Å². The zero-order valence-electron chi connectivity index (χ0n) is 10.3. The first-order chi connectivity index (χ1) is 8.63. The average Bonchev–Trinajstić information content (AvgIpc) is 2.38. The molecule has 5 heteroatoms. The van der Waals surface area contributed by atoms with Crippen molar-refractivity contribution < 1.29 is 19.5 Å². The van der Waals surface area contributed by atoms with E-state index in [-0.39, 0.29) is 12.3 Å². The highest BCUT2D eigenvalue weighted by Crippen LogP contribution is 2.13. The van der Waals surface area contributed by atoms with Crippen LogP contribution in [0.15, 0.2) is 35.5 Å². The van der Waals surface area contributed by atoms with Crippen LogP contribution in [-0.4, -0.2) is 30.5 Å². The van der Waals surface area contributed by atoms with E-state index in [0.717, 1.165) is 11.3 Å². The van der Waals surface area contributed by atoms with Crippen LogP contribution in [0.2, 0.25) is 0 Å². The molecule has 96 valence electrons. The van der Waals surface area contributed by atoms with Gasteiger partial charge in [-0.25, -0.2) is 4.79 Å². The molecule has 0 heterocycles. The van der Waals surface area contributed by atoms with Crippen LogP contribution in [0.3, 0.4) is 0 Å². The Morgan fingerprint density at radius 3 is 2.94 bits per heavy atom. The maximum atomic E-state index is 10.4. The maximum Gasteiger partial charge on any atom is 0.353 e.